The molecule has 0 spiro atoms. The fourth-order valence-corrected chi connectivity index (χ4v) is 3.02. The molecular weight excluding hydrogens is 314 g/mol. The predicted molar refractivity (Wildman–Crippen MR) is 99.3 cm³/mol. The zero-order valence-corrected chi connectivity index (χ0v) is 14.7. The van der Waals surface area contributed by atoms with Crippen molar-refractivity contribution in [2.75, 3.05) is 32.8 Å². The summed E-state index contributed by atoms with van der Waals surface area (Å²) in [5.74, 6) is 0.667. The summed E-state index contributed by atoms with van der Waals surface area (Å²) < 4.78 is 5.41. The van der Waals surface area contributed by atoms with Crippen molar-refractivity contribution in [3.8, 4) is 11.5 Å². The molecular formula is C20H26N3O2+. The van der Waals surface area contributed by atoms with Crippen molar-refractivity contribution in [1.29, 1.82) is 0 Å². The van der Waals surface area contributed by atoms with Gasteiger partial charge in [-0.15, -0.1) is 0 Å². The van der Waals surface area contributed by atoms with Crippen molar-refractivity contribution in [3.05, 3.63) is 59.7 Å². The topological polar surface area (TPSA) is 49.5 Å². The number of piperazine rings is 1. The van der Waals surface area contributed by atoms with Crippen molar-refractivity contribution < 1.29 is 14.7 Å². The van der Waals surface area contributed by atoms with Crippen LogP contribution in [0.4, 0.5) is 0 Å². The number of ether oxygens (including phenoxy) is 1. The minimum absolute atomic E-state index is 0.164. The molecule has 132 valence electrons. The van der Waals surface area contributed by atoms with Gasteiger partial charge in [0, 0.05) is 5.56 Å². The number of hydrogen-bond donors (Lipinski definition) is 2. The number of benzene rings is 2. The van der Waals surface area contributed by atoms with Crippen LogP contribution in [0.3, 0.4) is 0 Å². The van der Waals surface area contributed by atoms with E-state index in [1.54, 1.807) is 11.0 Å². The lowest BCUT2D eigenvalue weighted by Gasteiger charge is -2.30. The molecule has 1 heterocycles. The Morgan fingerprint density at radius 1 is 1.16 bits per heavy atom. The molecule has 1 aliphatic heterocycles. The Labute approximate surface area is 149 Å². The lowest BCUT2D eigenvalue weighted by atomic mass is 10.2. The molecule has 0 aromatic heterocycles. The second kappa shape index (κ2) is 8.53. The Hall–Kier alpha value is -2.53. The van der Waals surface area contributed by atoms with Crippen LogP contribution in [-0.4, -0.2) is 49.1 Å². The third-order valence-electron chi connectivity index (χ3n) is 4.40. The summed E-state index contributed by atoms with van der Waals surface area (Å²) in [7, 11) is 0. The first kappa shape index (κ1) is 17.3. The lowest BCUT2D eigenvalue weighted by molar-refractivity contribution is -0.918. The normalized spacial score (nSPS) is 15.6. The molecule has 1 saturated heterocycles. The van der Waals surface area contributed by atoms with Gasteiger partial charge >= 0.3 is 0 Å². The van der Waals surface area contributed by atoms with Gasteiger partial charge in [-0.25, -0.2) is 0 Å². The SMILES string of the molecule is CCOc1cc(/C=N/N2CC[NH+](Cc3ccccc3)CC2)ccc1O. The average Bonchev–Trinajstić information content (AvgIpc) is 2.65. The number of rotatable bonds is 6. The van der Waals surface area contributed by atoms with Crippen LogP contribution in [0.15, 0.2) is 53.6 Å². The average molecular weight is 340 g/mol. The van der Waals surface area contributed by atoms with E-state index in [1.807, 2.05) is 25.3 Å². The minimum Gasteiger partial charge on any atom is -0.504 e. The summed E-state index contributed by atoms with van der Waals surface area (Å²) in [5.41, 5.74) is 2.32. The molecule has 2 aromatic rings. The van der Waals surface area contributed by atoms with E-state index >= 15 is 0 Å². The summed E-state index contributed by atoms with van der Waals surface area (Å²) in [6, 6.07) is 16.0. The summed E-state index contributed by atoms with van der Waals surface area (Å²) in [6.07, 6.45) is 1.84. The Kier molecular flexibility index (Phi) is 5.90. The Balaban J connectivity index is 1.52. The maximum Gasteiger partial charge on any atom is 0.161 e. The maximum atomic E-state index is 9.75. The standard InChI is InChI=1S/C20H25N3O2/c1-2-25-20-14-18(8-9-19(20)24)15-21-23-12-10-22(11-13-23)16-17-6-4-3-5-7-17/h3-9,14-15,24H,2,10-13,16H2,1H3/p+1/b21-15+. The van der Waals surface area contributed by atoms with Gasteiger partial charge in [0.05, 0.1) is 39.0 Å². The molecule has 25 heavy (non-hydrogen) atoms. The van der Waals surface area contributed by atoms with E-state index < -0.39 is 0 Å². The minimum atomic E-state index is 0.164. The number of quaternary nitrogens is 1. The molecule has 3 rings (SSSR count). The Morgan fingerprint density at radius 2 is 1.92 bits per heavy atom. The molecule has 1 fully saturated rings. The molecule has 0 bridgehead atoms. The third kappa shape index (κ3) is 4.97. The Bertz CT molecular complexity index is 695. The highest BCUT2D eigenvalue weighted by Gasteiger charge is 2.18. The highest BCUT2D eigenvalue weighted by Crippen LogP contribution is 2.26. The van der Waals surface area contributed by atoms with Crippen LogP contribution >= 0.6 is 0 Å². The van der Waals surface area contributed by atoms with E-state index in [1.165, 1.54) is 5.56 Å². The first-order valence-electron chi connectivity index (χ1n) is 8.87. The summed E-state index contributed by atoms with van der Waals surface area (Å²) in [6.45, 7) is 7.59. The second-order valence-electron chi connectivity index (χ2n) is 6.27. The van der Waals surface area contributed by atoms with E-state index in [0.29, 0.717) is 12.4 Å². The van der Waals surface area contributed by atoms with Gasteiger partial charge in [-0.1, -0.05) is 30.3 Å². The van der Waals surface area contributed by atoms with Crippen LogP contribution in [0.5, 0.6) is 11.5 Å². The van der Waals surface area contributed by atoms with Crippen molar-refractivity contribution in [3.63, 3.8) is 0 Å². The summed E-state index contributed by atoms with van der Waals surface area (Å²) in [4.78, 5) is 1.60. The van der Waals surface area contributed by atoms with Crippen molar-refractivity contribution in [2.45, 2.75) is 13.5 Å². The fraction of sp³-hybridized carbons (Fsp3) is 0.350. The zero-order valence-electron chi connectivity index (χ0n) is 14.7. The smallest absolute Gasteiger partial charge is 0.161 e. The predicted octanol–water partition coefficient (Wildman–Crippen LogP) is 1.53. The molecule has 2 aromatic carbocycles. The van der Waals surface area contributed by atoms with Gasteiger partial charge in [0.25, 0.3) is 0 Å². The fourth-order valence-electron chi connectivity index (χ4n) is 3.02. The van der Waals surface area contributed by atoms with Gasteiger partial charge in [0.2, 0.25) is 0 Å². The van der Waals surface area contributed by atoms with Gasteiger partial charge in [-0.3, -0.25) is 5.01 Å². The highest BCUT2D eigenvalue weighted by atomic mass is 16.5. The molecule has 0 unspecified atom stereocenters. The molecule has 5 heteroatoms. The van der Waals surface area contributed by atoms with Crippen LogP contribution < -0.4 is 9.64 Å². The first-order valence-corrected chi connectivity index (χ1v) is 8.87. The van der Waals surface area contributed by atoms with Gasteiger partial charge in [0.1, 0.15) is 6.54 Å². The van der Waals surface area contributed by atoms with Crippen molar-refractivity contribution in [2.24, 2.45) is 5.10 Å². The number of nitrogens with one attached hydrogen (secondary N) is 1. The van der Waals surface area contributed by atoms with Crippen molar-refractivity contribution in [1.82, 2.24) is 5.01 Å². The van der Waals surface area contributed by atoms with Gasteiger partial charge in [-0.05, 0) is 30.7 Å². The molecule has 0 radical (unpaired) electrons. The van der Waals surface area contributed by atoms with Crippen LogP contribution in [0.2, 0.25) is 0 Å². The molecule has 1 aliphatic rings. The molecule has 2 N–H and O–H groups in total. The van der Waals surface area contributed by atoms with Crippen LogP contribution in [-0.2, 0) is 6.54 Å². The van der Waals surface area contributed by atoms with Crippen LogP contribution in [0.1, 0.15) is 18.1 Å². The summed E-state index contributed by atoms with van der Waals surface area (Å²) >= 11 is 0. The van der Waals surface area contributed by atoms with E-state index in [0.717, 1.165) is 38.3 Å². The quantitative estimate of drug-likeness (QED) is 0.784. The summed E-state index contributed by atoms with van der Waals surface area (Å²) in [5, 5.41) is 16.4. The monoisotopic (exact) mass is 340 g/mol. The van der Waals surface area contributed by atoms with E-state index in [2.05, 4.69) is 40.4 Å². The largest absolute Gasteiger partial charge is 0.504 e. The van der Waals surface area contributed by atoms with Gasteiger partial charge in [-0.2, -0.15) is 5.10 Å². The maximum absolute atomic E-state index is 9.75. The molecule has 0 saturated carbocycles. The van der Waals surface area contributed by atoms with Gasteiger partial charge < -0.3 is 14.7 Å². The molecule has 0 amide bonds. The highest BCUT2D eigenvalue weighted by molar-refractivity contribution is 5.80. The second-order valence-corrected chi connectivity index (χ2v) is 6.27. The number of hydrogen-bond acceptors (Lipinski definition) is 4. The number of hydrazone groups is 1. The first-order chi connectivity index (χ1) is 12.2. The molecule has 5 nitrogen and oxygen atoms in total. The Morgan fingerprint density at radius 3 is 2.64 bits per heavy atom. The van der Waals surface area contributed by atoms with Gasteiger partial charge in [0.15, 0.2) is 11.5 Å². The third-order valence-corrected chi connectivity index (χ3v) is 4.40. The van der Waals surface area contributed by atoms with Crippen molar-refractivity contribution >= 4 is 6.21 Å². The zero-order chi connectivity index (χ0) is 17.5. The number of nitrogens with zero attached hydrogens (tertiary/aromatic N) is 2. The lowest BCUT2D eigenvalue weighted by Crippen LogP contribution is -3.13. The molecule has 0 aliphatic carbocycles. The van der Waals surface area contributed by atoms with Crippen LogP contribution in [0.25, 0.3) is 0 Å². The van der Waals surface area contributed by atoms with E-state index in [4.69, 9.17) is 4.74 Å². The van der Waals surface area contributed by atoms with Crippen LogP contribution in [0, 0.1) is 0 Å². The van der Waals surface area contributed by atoms with E-state index in [-0.39, 0.29) is 5.75 Å². The number of phenols is 1. The molecule has 0 atom stereocenters. The van der Waals surface area contributed by atoms with E-state index in [9.17, 15) is 5.11 Å². The number of phenolic OH excluding ortho intramolecular Hbond substituents is 1. The number of aromatic hydroxyl groups is 1.